The van der Waals surface area contributed by atoms with E-state index in [0.29, 0.717) is 10.1 Å². The van der Waals surface area contributed by atoms with Gasteiger partial charge in [-0.25, -0.2) is 8.42 Å². The van der Waals surface area contributed by atoms with Crippen molar-refractivity contribution in [2.75, 3.05) is 36.1 Å². The molecule has 35 heavy (non-hydrogen) atoms. The van der Waals surface area contributed by atoms with E-state index in [0.717, 1.165) is 33.0 Å². The lowest BCUT2D eigenvalue weighted by atomic mass is 10.2. The second-order valence-electron chi connectivity index (χ2n) is 6.93. The molecule has 14 heteroatoms. The van der Waals surface area contributed by atoms with Crippen LogP contribution in [0.4, 0.5) is 10.8 Å². The minimum absolute atomic E-state index is 0.0141. The van der Waals surface area contributed by atoms with E-state index in [1.807, 2.05) is 6.92 Å². The fourth-order valence-corrected chi connectivity index (χ4v) is 6.02. The highest BCUT2D eigenvalue weighted by molar-refractivity contribution is 8.01. The third-order valence-corrected chi connectivity index (χ3v) is 8.54. The Morgan fingerprint density at radius 1 is 1.14 bits per heavy atom. The summed E-state index contributed by atoms with van der Waals surface area (Å²) in [6, 6.07) is 10.7. The molecule has 0 fully saturated rings. The van der Waals surface area contributed by atoms with Crippen LogP contribution in [0.15, 0.2) is 51.7 Å². The third kappa shape index (κ3) is 6.84. The summed E-state index contributed by atoms with van der Waals surface area (Å²) in [5.74, 6) is -0.669. The molecule has 0 atom stereocenters. The number of rotatable bonds is 10. The third-order valence-electron chi connectivity index (χ3n) is 4.51. The first-order chi connectivity index (χ1) is 16.6. The number of hydrogen-bond acceptors (Lipinski definition) is 10. The fourth-order valence-electron chi connectivity index (χ4n) is 2.75. The van der Waals surface area contributed by atoms with Crippen molar-refractivity contribution in [2.45, 2.75) is 16.2 Å². The Hall–Kier alpha value is -2.87. The highest BCUT2D eigenvalue weighted by Crippen LogP contribution is 2.32. The number of carbonyl (C=O) groups is 2. The average Bonchev–Trinajstić information content (AvgIpc) is 3.28. The van der Waals surface area contributed by atoms with Gasteiger partial charge in [0.05, 0.1) is 35.6 Å². The topological polar surface area (TPSA) is 128 Å². The molecule has 3 aromatic rings. The molecule has 2 aromatic carbocycles. The molecular weight excluding hydrogens is 536 g/mol. The molecule has 0 radical (unpaired) electrons. The average molecular weight is 557 g/mol. The number of nitrogens with one attached hydrogen (secondary N) is 1. The maximum Gasteiger partial charge on any atom is 0.316 e. The monoisotopic (exact) mass is 556 g/mol. The van der Waals surface area contributed by atoms with Crippen molar-refractivity contribution in [3.8, 4) is 5.75 Å². The standard InChI is InChI=1S/C21H21ClN4O6S3/c1-13-4-7-15(8-5-13)35(29,30)26(14-6-9-17(31-2)16(22)10-14)11-18(27)23-20-24-25-21(34-20)33-12-19(28)32-3/h4-10H,11-12H2,1-3H3,(H,23,24,27). The van der Waals surface area contributed by atoms with Crippen LogP contribution in [0.3, 0.4) is 0 Å². The molecule has 1 amide bonds. The van der Waals surface area contributed by atoms with Crippen LogP contribution in [0.1, 0.15) is 5.56 Å². The smallest absolute Gasteiger partial charge is 0.316 e. The van der Waals surface area contributed by atoms with E-state index >= 15 is 0 Å². The second-order valence-corrected chi connectivity index (χ2v) is 11.4. The summed E-state index contributed by atoms with van der Waals surface area (Å²) < 4.78 is 38.1. The molecule has 3 rings (SSSR count). The lowest BCUT2D eigenvalue weighted by molar-refractivity contribution is -0.137. The van der Waals surface area contributed by atoms with Crippen LogP contribution in [0.5, 0.6) is 5.75 Å². The number of esters is 1. The molecule has 10 nitrogen and oxygen atoms in total. The molecule has 1 heterocycles. The number of carbonyl (C=O) groups excluding carboxylic acids is 2. The molecule has 0 saturated carbocycles. The first kappa shape index (κ1) is 26.7. The Bertz CT molecular complexity index is 1310. The quantitative estimate of drug-likeness (QED) is 0.226. The Labute approximate surface area is 215 Å². The molecule has 0 aliphatic carbocycles. The van der Waals surface area contributed by atoms with Gasteiger partial charge in [0.15, 0.2) is 4.34 Å². The number of benzene rings is 2. The van der Waals surface area contributed by atoms with Gasteiger partial charge in [0.1, 0.15) is 12.3 Å². The van der Waals surface area contributed by atoms with E-state index in [2.05, 4.69) is 20.3 Å². The Morgan fingerprint density at radius 3 is 2.49 bits per heavy atom. The molecule has 1 aromatic heterocycles. The molecule has 0 bridgehead atoms. The van der Waals surface area contributed by atoms with Crippen molar-refractivity contribution in [2.24, 2.45) is 0 Å². The molecular formula is C21H21ClN4O6S3. The first-order valence-corrected chi connectivity index (χ1v) is 13.5. The van der Waals surface area contributed by atoms with Crippen molar-refractivity contribution in [1.82, 2.24) is 10.2 Å². The summed E-state index contributed by atoms with van der Waals surface area (Å²) in [4.78, 5) is 24.1. The number of methoxy groups -OCH3 is 2. The van der Waals surface area contributed by atoms with Gasteiger partial charge < -0.3 is 9.47 Å². The largest absolute Gasteiger partial charge is 0.495 e. The van der Waals surface area contributed by atoms with Crippen LogP contribution in [0, 0.1) is 6.92 Å². The highest BCUT2D eigenvalue weighted by atomic mass is 35.5. The van der Waals surface area contributed by atoms with E-state index in [4.69, 9.17) is 16.3 Å². The maximum absolute atomic E-state index is 13.5. The van der Waals surface area contributed by atoms with Crippen LogP contribution in [0.2, 0.25) is 5.02 Å². The van der Waals surface area contributed by atoms with Crippen LogP contribution >= 0.6 is 34.7 Å². The van der Waals surface area contributed by atoms with E-state index in [1.165, 1.54) is 44.6 Å². The zero-order valence-electron chi connectivity index (χ0n) is 18.8. The minimum Gasteiger partial charge on any atom is -0.495 e. The number of amides is 1. The molecule has 0 unspecified atom stereocenters. The molecule has 0 spiro atoms. The van der Waals surface area contributed by atoms with Gasteiger partial charge >= 0.3 is 5.97 Å². The summed E-state index contributed by atoms with van der Waals surface area (Å²) in [5, 5.41) is 10.6. The zero-order valence-corrected chi connectivity index (χ0v) is 22.1. The summed E-state index contributed by atoms with van der Waals surface area (Å²) in [5.41, 5.74) is 1.07. The number of sulfonamides is 1. The lowest BCUT2D eigenvalue weighted by Gasteiger charge is -2.24. The van der Waals surface area contributed by atoms with Gasteiger partial charge in [-0.2, -0.15) is 0 Å². The van der Waals surface area contributed by atoms with Crippen LogP contribution in [-0.2, 0) is 24.3 Å². The van der Waals surface area contributed by atoms with Crippen molar-refractivity contribution >= 4 is 67.4 Å². The van der Waals surface area contributed by atoms with Gasteiger partial charge in [0.25, 0.3) is 10.0 Å². The van der Waals surface area contributed by atoms with E-state index in [9.17, 15) is 18.0 Å². The summed E-state index contributed by atoms with van der Waals surface area (Å²) in [6.07, 6.45) is 0. The van der Waals surface area contributed by atoms with E-state index in [1.54, 1.807) is 12.1 Å². The molecule has 0 aliphatic rings. The van der Waals surface area contributed by atoms with Crippen LogP contribution in [0.25, 0.3) is 0 Å². The number of aryl methyl sites for hydroxylation is 1. The van der Waals surface area contributed by atoms with Gasteiger partial charge in [-0.05, 0) is 37.3 Å². The lowest BCUT2D eigenvalue weighted by Crippen LogP contribution is -2.38. The summed E-state index contributed by atoms with van der Waals surface area (Å²) >= 11 is 8.37. The normalized spacial score (nSPS) is 11.1. The molecule has 1 N–H and O–H groups in total. The van der Waals surface area contributed by atoms with Gasteiger partial charge in [0.2, 0.25) is 11.0 Å². The number of thioether (sulfide) groups is 1. The van der Waals surface area contributed by atoms with Crippen molar-refractivity contribution in [3.05, 3.63) is 53.1 Å². The van der Waals surface area contributed by atoms with Crippen molar-refractivity contribution in [1.29, 1.82) is 0 Å². The number of hydrogen-bond donors (Lipinski definition) is 1. The number of halogens is 1. The Morgan fingerprint density at radius 2 is 1.86 bits per heavy atom. The minimum atomic E-state index is -4.13. The van der Waals surface area contributed by atoms with Gasteiger partial charge in [-0.15, -0.1) is 10.2 Å². The number of nitrogens with zero attached hydrogens (tertiary/aromatic N) is 3. The predicted molar refractivity (Wildman–Crippen MR) is 135 cm³/mol. The molecule has 186 valence electrons. The number of aromatic nitrogens is 2. The molecule has 0 aliphatic heterocycles. The maximum atomic E-state index is 13.5. The van der Waals surface area contributed by atoms with E-state index in [-0.39, 0.29) is 26.5 Å². The number of ether oxygens (including phenoxy) is 2. The first-order valence-electron chi connectivity index (χ1n) is 9.90. The zero-order chi connectivity index (χ0) is 25.6. The summed E-state index contributed by atoms with van der Waals surface area (Å²) in [7, 11) is -1.41. The van der Waals surface area contributed by atoms with Crippen LogP contribution < -0.4 is 14.4 Å². The van der Waals surface area contributed by atoms with E-state index < -0.39 is 28.4 Å². The van der Waals surface area contributed by atoms with Gasteiger partial charge in [-0.3, -0.25) is 19.2 Å². The SMILES string of the molecule is COC(=O)CSc1nnc(NC(=O)CN(c2ccc(OC)c(Cl)c2)S(=O)(=O)c2ccc(C)cc2)s1. The fraction of sp³-hybridized carbons (Fsp3) is 0.238. The Kier molecular flexibility index (Phi) is 8.94. The predicted octanol–water partition coefficient (Wildman–Crippen LogP) is 3.61. The summed E-state index contributed by atoms with van der Waals surface area (Å²) in [6.45, 7) is 1.29. The number of anilines is 2. The van der Waals surface area contributed by atoms with Gasteiger partial charge in [0, 0.05) is 0 Å². The van der Waals surface area contributed by atoms with Crippen molar-refractivity contribution < 1.29 is 27.5 Å². The molecule has 0 saturated heterocycles. The second kappa shape index (κ2) is 11.7. The van der Waals surface area contributed by atoms with Crippen molar-refractivity contribution in [3.63, 3.8) is 0 Å². The highest BCUT2D eigenvalue weighted by Gasteiger charge is 2.28. The van der Waals surface area contributed by atoms with Crippen LogP contribution in [-0.4, -0.2) is 57.0 Å². The van der Waals surface area contributed by atoms with Gasteiger partial charge in [-0.1, -0.05) is 52.4 Å². The Balaban J connectivity index is 1.85.